The number of benzene rings is 1. The van der Waals surface area contributed by atoms with E-state index >= 15 is 0 Å². The zero-order chi connectivity index (χ0) is 15.5. The van der Waals surface area contributed by atoms with Crippen LogP contribution < -0.4 is 10.1 Å². The Balaban J connectivity index is 1.89. The number of methoxy groups -OCH3 is 2. The Kier molecular flexibility index (Phi) is 4.12. The summed E-state index contributed by atoms with van der Waals surface area (Å²) < 4.78 is 10.5. The third kappa shape index (κ3) is 2.83. The fourth-order valence-corrected chi connectivity index (χ4v) is 2.74. The van der Waals surface area contributed by atoms with Crippen LogP contribution in [-0.4, -0.2) is 34.4 Å². The number of hydrogen-bond donors (Lipinski definition) is 1. The number of fused-ring (bicyclic) bond motifs is 1. The van der Waals surface area contributed by atoms with E-state index in [1.165, 1.54) is 17.7 Å². The lowest BCUT2D eigenvalue weighted by Gasteiger charge is -2.06. The molecule has 1 N–H and O–H groups in total. The van der Waals surface area contributed by atoms with Gasteiger partial charge in [0.15, 0.2) is 0 Å². The Morgan fingerprint density at radius 2 is 2.05 bits per heavy atom. The second kappa shape index (κ2) is 6.20. The first-order valence-electron chi connectivity index (χ1n) is 6.63. The van der Waals surface area contributed by atoms with Crippen LogP contribution in [0.25, 0.3) is 10.9 Å². The summed E-state index contributed by atoms with van der Waals surface area (Å²) in [6.45, 7) is 1.93. The highest BCUT2D eigenvalue weighted by Crippen LogP contribution is 2.29. The Morgan fingerprint density at radius 1 is 1.18 bits per heavy atom. The summed E-state index contributed by atoms with van der Waals surface area (Å²) in [7, 11) is 3.24. The number of rotatable bonds is 5. The van der Waals surface area contributed by atoms with Crippen molar-refractivity contribution in [1.82, 2.24) is 20.2 Å². The number of nitrogens with one attached hydrogen (secondary N) is 1. The highest BCUT2D eigenvalue weighted by Gasteiger charge is 2.12. The van der Waals surface area contributed by atoms with Crippen molar-refractivity contribution in [3.05, 3.63) is 29.5 Å². The van der Waals surface area contributed by atoms with Crippen molar-refractivity contribution < 1.29 is 9.47 Å². The summed E-state index contributed by atoms with van der Waals surface area (Å²) >= 11 is 1.45. The maximum Gasteiger partial charge on any atom is 0.224 e. The van der Waals surface area contributed by atoms with E-state index in [1.54, 1.807) is 14.2 Å². The minimum absolute atomic E-state index is 0.0712. The Morgan fingerprint density at radius 3 is 2.82 bits per heavy atom. The average molecular weight is 317 g/mol. The van der Waals surface area contributed by atoms with Gasteiger partial charge < -0.3 is 14.8 Å². The quantitative estimate of drug-likeness (QED) is 0.774. The fraction of sp³-hybridized carbons (Fsp3) is 0.286. The molecule has 0 spiro atoms. The second-order valence-corrected chi connectivity index (χ2v) is 5.57. The molecule has 2 heterocycles. The molecule has 0 saturated heterocycles. The van der Waals surface area contributed by atoms with Crippen LogP contribution in [0.2, 0.25) is 0 Å². The molecule has 0 aliphatic rings. The molecule has 0 amide bonds. The van der Waals surface area contributed by atoms with Gasteiger partial charge in [-0.2, -0.15) is 0 Å². The maximum absolute atomic E-state index is 5.26. The second-order valence-electron chi connectivity index (χ2n) is 4.56. The molecule has 8 heteroatoms. The Labute approximate surface area is 131 Å². The van der Waals surface area contributed by atoms with Gasteiger partial charge in [-0.1, -0.05) is 11.3 Å². The molecule has 0 saturated carbocycles. The lowest BCUT2D eigenvalue weighted by molar-refractivity contribution is 0.118. The zero-order valence-electron chi connectivity index (χ0n) is 12.4. The van der Waals surface area contributed by atoms with Gasteiger partial charge in [0.1, 0.15) is 17.4 Å². The lowest BCUT2D eigenvalue weighted by Crippen LogP contribution is -1.94. The molecular formula is C14H15N5O2S. The molecule has 3 rings (SSSR count). The predicted octanol–water partition coefficient (Wildman–Crippen LogP) is 2.94. The maximum atomic E-state index is 5.26. The zero-order valence-corrected chi connectivity index (χ0v) is 13.2. The molecule has 1 atom stereocenters. The van der Waals surface area contributed by atoms with Crippen molar-refractivity contribution in [3.63, 3.8) is 0 Å². The third-order valence-corrected chi connectivity index (χ3v) is 4.19. The first-order chi connectivity index (χ1) is 10.7. The van der Waals surface area contributed by atoms with E-state index in [-0.39, 0.29) is 6.10 Å². The van der Waals surface area contributed by atoms with Gasteiger partial charge in [-0.15, -0.1) is 10.2 Å². The standard InChI is InChI=1S/C14H15N5O2S/c1-8(20-2)13-18-19-14(22-13)17-9-4-5-11-10(6-9)12(21-3)16-7-15-11/h4-8H,1-3H3,(H,17,19). The van der Waals surface area contributed by atoms with E-state index < -0.39 is 0 Å². The number of anilines is 2. The van der Waals surface area contributed by atoms with Gasteiger partial charge in [-0.05, 0) is 25.1 Å². The molecule has 1 aromatic carbocycles. The van der Waals surface area contributed by atoms with Crippen LogP contribution in [0.3, 0.4) is 0 Å². The normalized spacial score (nSPS) is 12.3. The number of aromatic nitrogens is 4. The molecule has 7 nitrogen and oxygen atoms in total. The van der Waals surface area contributed by atoms with Crippen LogP contribution in [0.4, 0.5) is 10.8 Å². The molecule has 0 bridgehead atoms. The number of nitrogens with zero attached hydrogens (tertiary/aromatic N) is 4. The summed E-state index contributed by atoms with van der Waals surface area (Å²) in [5.74, 6) is 0.541. The monoisotopic (exact) mass is 317 g/mol. The van der Waals surface area contributed by atoms with Crippen LogP contribution in [0.5, 0.6) is 5.88 Å². The first kappa shape index (κ1) is 14.6. The van der Waals surface area contributed by atoms with Gasteiger partial charge in [-0.3, -0.25) is 0 Å². The third-order valence-electron chi connectivity index (χ3n) is 3.19. The van der Waals surface area contributed by atoms with E-state index in [2.05, 4.69) is 25.5 Å². The fourth-order valence-electron chi connectivity index (χ4n) is 1.95. The van der Waals surface area contributed by atoms with Crippen molar-refractivity contribution in [2.45, 2.75) is 13.0 Å². The van der Waals surface area contributed by atoms with Crippen LogP contribution in [0, 0.1) is 0 Å². The summed E-state index contributed by atoms with van der Waals surface area (Å²) in [4.78, 5) is 8.32. The summed E-state index contributed by atoms with van der Waals surface area (Å²) in [5.41, 5.74) is 1.69. The van der Waals surface area contributed by atoms with Crippen LogP contribution >= 0.6 is 11.3 Å². The lowest BCUT2D eigenvalue weighted by atomic mass is 10.2. The Hall–Kier alpha value is -2.32. The molecule has 0 radical (unpaired) electrons. The molecular weight excluding hydrogens is 302 g/mol. The highest BCUT2D eigenvalue weighted by atomic mass is 32.1. The SMILES string of the molecule is COc1ncnc2ccc(Nc3nnc(C(C)OC)s3)cc12. The van der Waals surface area contributed by atoms with E-state index in [9.17, 15) is 0 Å². The Bertz CT molecular complexity index is 792. The molecule has 1 unspecified atom stereocenters. The van der Waals surface area contributed by atoms with Crippen molar-refractivity contribution in [1.29, 1.82) is 0 Å². The topological polar surface area (TPSA) is 82.1 Å². The minimum Gasteiger partial charge on any atom is -0.480 e. The average Bonchev–Trinajstić information content (AvgIpc) is 3.02. The van der Waals surface area contributed by atoms with Crippen molar-refractivity contribution >= 4 is 33.1 Å². The molecule has 22 heavy (non-hydrogen) atoms. The largest absolute Gasteiger partial charge is 0.480 e. The summed E-state index contributed by atoms with van der Waals surface area (Å²) in [5, 5.41) is 13.8. The molecule has 0 fully saturated rings. The van der Waals surface area contributed by atoms with Crippen molar-refractivity contribution in [3.8, 4) is 5.88 Å². The first-order valence-corrected chi connectivity index (χ1v) is 7.45. The molecule has 3 aromatic rings. The van der Waals surface area contributed by atoms with Gasteiger partial charge >= 0.3 is 0 Å². The summed E-state index contributed by atoms with van der Waals surface area (Å²) in [6.07, 6.45) is 1.41. The van der Waals surface area contributed by atoms with E-state index in [4.69, 9.17) is 9.47 Å². The van der Waals surface area contributed by atoms with Crippen molar-refractivity contribution in [2.24, 2.45) is 0 Å². The summed E-state index contributed by atoms with van der Waals surface area (Å²) in [6, 6.07) is 5.76. The van der Waals surface area contributed by atoms with E-state index in [1.807, 2.05) is 25.1 Å². The van der Waals surface area contributed by atoms with Gasteiger partial charge in [0, 0.05) is 12.8 Å². The molecule has 114 valence electrons. The minimum atomic E-state index is -0.0712. The molecule has 0 aliphatic heterocycles. The number of hydrogen-bond acceptors (Lipinski definition) is 8. The molecule has 2 aromatic heterocycles. The van der Waals surface area contributed by atoms with Gasteiger partial charge in [0.05, 0.1) is 18.0 Å². The van der Waals surface area contributed by atoms with Crippen molar-refractivity contribution in [2.75, 3.05) is 19.5 Å². The van der Waals surface area contributed by atoms with Gasteiger partial charge in [0.25, 0.3) is 0 Å². The van der Waals surface area contributed by atoms with Gasteiger partial charge in [0.2, 0.25) is 11.0 Å². The molecule has 0 aliphatic carbocycles. The van der Waals surface area contributed by atoms with E-state index in [0.717, 1.165) is 21.6 Å². The van der Waals surface area contributed by atoms with Crippen LogP contribution in [-0.2, 0) is 4.74 Å². The smallest absolute Gasteiger partial charge is 0.224 e. The van der Waals surface area contributed by atoms with E-state index in [0.29, 0.717) is 11.0 Å². The number of ether oxygens (including phenoxy) is 2. The highest BCUT2D eigenvalue weighted by molar-refractivity contribution is 7.15. The van der Waals surface area contributed by atoms with Gasteiger partial charge in [-0.25, -0.2) is 9.97 Å². The van der Waals surface area contributed by atoms with Crippen LogP contribution in [0.15, 0.2) is 24.5 Å². The van der Waals surface area contributed by atoms with Crippen LogP contribution in [0.1, 0.15) is 18.0 Å². The predicted molar refractivity (Wildman–Crippen MR) is 84.7 cm³/mol.